The molecule has 12 heavy (non-hydrogen) atoms. The van der Waals surface area contributed by atoms with Crippen LogP contribution in [0.5, 0.6) is 0 Å². The molecule has 68 valence electrons. The molecule has 0 aromatic carbocycles. The number of allylic oxidation sites excluding steroid dienone is 1. The van der Waals surface area contributed by atoms with Crippen LogP contribution in [-0.4, -0.2) is 17.5 Å². The summed E-state index contributed by atoms with van der Waals surface area (Å²) in [5, 5.41) is 0. The second-order valence-corrected chi connectivity index (χ2v) is 3.79. The summed E-state index contributed by atoms with van der Waals surface area (Å²) in [6.07, 6.45) is 3.67. The monoisotopic (exact) mass is 165 g/mol. The van der Waals surface area contributed by atoms with Crippen LogP contribution in [0.25, 0.3) is 0 Å². The van der Waals surface area contributed by atoms with Crippen molar-refractivity contribution in [3.8, 4) is 0 Å². The average molecular weight is 165 g/mol. The molecule has 1 aliphatic heterocycles. The van der Waals surface area contributed by atoms with Gasteiger partial charge in [0.1, 0.15) is 0 Å². The van der Waals surface area contributed by atoms with Gasteiger partial charge < -0.3 is 4.90 Å². The zero-order valence-electron chi connectivity index (χ0n) is 8.27. The molecule has 0 unspecified atom stereocenters. The molecule has 0 aromatic rings. The van der Waals surface area contributed by atoms with Crippen molar-refractivity contribution in [3.63, 3.8) is 0 Å². The Kier molecular flexibility index (Phi) is 2.96. The third-order valence-electron chi connectivity index (χ3n) is 2.51. The van der Waals surface area contributed by atoms with Crippen molar-refractivity contribution in [2.24, 2.45) is 0 Å². The highest BCUT2D eigenvalue weighted by atomic mass is 15.2. The largest absolute Gasteiger partial charge is 0.369 e. The lowest BCUT2D eigenvalue weighted by Gasteiger charge is -2.29. The Balaban J connectivity index is 2.71. The number of rotatable bonds is 1. The summed E-state index contributed by atoms with van der Waals surface area (Å²) in [6.45, 7) is 13.7. The fourth-order valence-electron chi connectivity index (χ4n) is 1.67. The minimum absolute atomic E-state index is 0.562. The third kappa shape index (κ3) is 1.90. The van der Waals surface area contributed by atoms with Gasteiger partial charge in [0.15, 0.2) is 0 Å². The molecule has 1 rings (SSSR count). The highest BCUT2D eigenvalue weighted by molar-refractivity contribution is 5.25. The van der Waals surface area contributed by atoms with Gasteiger partial charge in [0, 0.05) is 18.3 Å². The van der Waals surface area contributed by atoms with E-state index in [1.54, 1.807) is 0 Å². The fraction of sp³-hybridized carbons (Fsp3) is 0.636. The van der Waals surface area contributed by atoms with Gasteiger partial charge in [-0.3, -0.25) is 0 Å². The molecule has 1 heterocycles. The molecule has 0 saturated carbocycles. The van der Waals surface area contributed by atoms with Crippen LogP contribution in [0.2, 0.25) is 0 Å². The Morgan fingerprint density at radius 1 is 1.25 bits per heavy atom. The maximum atomic E-state index is 4.08. The summed E-state index contributed by atoms with van der Waals surface area (Å²) in [5.74, 6) is 0. The zero-order chi connectivity index (χ0) is 9.14. The lowest BCUT2D eigenvalue weighted by Crippen LogP contribution is -2.29. The first-order valence-corrected chi connectivity index (χ1v) is 4.76. The Morgan fingerprint density at radius 3 is 2.50 bits per heavy atom. The molecular formula is C11H19N. The summed E-state index contributed by atoms with van der Waals surface area (Å²) < 4.78 is 0. The molecule has 0 N–H and O–H groups in total. The van der Waals surface area contributed by atoms with E-state index in [-0.39, 0.29) is 0 Å². The Labute approximate surface area is 75.8 Å². The lowest BCUT2D eigenvalue weighted by molar-refractivity contribution is 0.294. The van der Waals surface area contributed by atoms with E-state index in [1.165, 1.54) is 18.4 Å². The van der Waals surface area contributed by atoms with E-state index in [2.05, 4.69) is 31.9 Å². The predicted octanol–water partition coefficient (Wildman–Crippen LogP) is 2.95. The molecule has 0 aromatic heterocycles. The summed E-state index contributed by atoms with van der Waals surface area (Å²) in [7, 11) is 0. The summed E-state index contributed by atoms with van der Waals surface area (Å²) in [4.78, 5) is 2.36. The molecular weight excluding hydrogens is 146 g/mol. The quantitative estimate of drug-likeness (QED) is 0.577. The molecule has 1 nitrogen and oxygen atoms in total. The van der Waals surface area contributed by atoms with Crippen LogP contribution in [0.15, 0.2) is 24.4 Å². The van der Waals surface area contributed by atoms with Crippen molar-refractivity contribution < 1.29 is 0 Å². The zero-order valence-corrected chi connectivity index (χ0v) is 8.27. The lowest BCUT2D eigenvalue weighted by atomic mass is 10.1. The topological polar surface area (TPSA) is 3.24 Å². The van der Waals surface area contributed by atoms with Crippen molar-refractivity contribution in [3.05, 3.63) is 24.4 Å². The maximum Gasteiger partial charge on any atom is 0.0322 e. The highest BCUT2D eigenvalue weighted by Crippen LogP contribution is 2.24. The molecule has 0 aliphatic carbocycles. The smallest absolute Gasteiger partial charge is 0.0322 e. The summed E-state index contributed by atoms with van der Waals surface area (Å²) >= 11 is 0. The van der Waals surface area contributed by atoms with Crippen LogP contribution >= 0.6 is 0 Å². The minimum atomic E-state index is 0.562. The Morgan fingerprint density at radius 2 is 1.92 bits per heavy atom. The summed E-state index contributed by atoms with van der Waals surface area (Å²) in [6, 6.07) is 0.562. The van der Waals surface area contributed by atoms with E-state index in [4.69, 9.17) is 0 Å². The van der Waals surface area contributed by atoms with Crippen molar-refractivity contribution in [1.82, 2.24) is 4.90 Å². The van der Waals surface area contributed by atoms with Gasteiger partial charge in [-0.05, 0) is 38.7 Å². The molecule has 0 bridgehead atoms. The molecule has 1 fully saturated rings. The second-order valence-electron chi connectivity index (χ2n) is 3.79. The molecule has 0 spiro atoms. The van der Waals surface area contributed by atoms with Gasteiger partial charge in [0.2, 0.25) is 0 Å². The molecule has 0 radical (unpaired) electrons. The standard InChI is InChI=1S/C11H19N/c1-9(2)12-8-6-5-7-10(3)11(12)4/h9H,3-8H2,1-2H3. The van der Waals surface area contributed by atoms with Crippen LogP contribution in [0, 0.1) is 0 Å². The number of likely N-dealkylation sites (tertiary alicyclic amines) is 1. The predicted molar refractivity (Wildman–Crippen MR) is 54.0 cm³/mol. The van der Waals surface area contributed by atoms with Crippen molar-refractivity contribution in [2.45, 2.75) is 39.2 Å². The van der Waals surface area contributed by atoms with Gasteiger partial charge in [0.25, 0.3) is 0 Å². The average Bonchev–Trinajstić information content (AvgIpc) is 2.15. The Hall–Kier alpha value is -0.720. The SMILES string of the molecule is C=C1CCCCN(C(C)C)C1=C. The van der Waals surface area contributed by atoms with E-state index in [9.17, 15) is 0 Å². The third-order valence-corrected chi connectivity index (χ3v) is 2.51. The van der Waals surface area contributed by atoms with Crippen LogP contribution in [0.1, 0.15) is 33.1 Å². The number of hydrogen-bond donors (Lipinski definition) is 0. The molecule has 0 amide bonds. The van der Waals surface area contributed by atoms with Gasteiger partial charge in [-0.2, -0.15) is 0 Å². The van der Waals surface area contributed by atoms with Gasteiger partial charge in [0.05, 0.1) is 0 Å². The van der Waals surface area contributed by atoms with Crippen LogP contribution in [0.4, 0.5) is 0 Å². The van der Waals surface area contributed by atoms with Crippen molar-refractivity contribution in [1.29, 1.82) is 0 Å². The van der Waals surface area contributed by atoms with Crippen LogP contribution in [0.3, 0.4) is 0 Å². The number of hydrogen-bond acceptors (Lipinski definition) is 1. The van der Waals surface area contributed by atoms with E-state index in [1.807, 2.05) is 0 Å². The maximum absolute atomic E-state index is 4.08. The van der Waals surface area contributed by atoms with Gasteiger partial charge >= 0.3 is 0 Å². The minimum Gasteiger partial charge on any atom is -0.369 e. The van der Waals surface area contributed by atoms with Gasteiger partial charge in [-0.25, -0.2) is 0 Å². The van der Waals surface area contributed by atoms with Crippen molar-refractivity contribution >= 4 is 0 Å². The molecule has 1 aliphatic rings. The first-order valence-electron chi connectivity index (χ1n) is 4.76. The van der Waals surface area contributed by atoms with E-state index in [0.29, 0.717) is 6.04 Å². The summed E-state index contributed by atoms with van der Waals surface area (Å²) in [5.41, 5.74) is 2.38. The fourth-order valence-corrected chi connectivity index (χ4v) is 1.67. The van der Waals surface area contributed by atoms with Crippen molar-refractivity contribution in [2.75, 3.05) is 6.54 Å². The first kappa shape index (κ1) is 9.37. The Bertz CT molecular complexity index is 191. The van der Waals surface area contributed by atoms with Crippen LogP contribution in [-0.2, 0) is 0 Å². The van der Waals surface area contributed by atoms with Gasteiger partial charge in [-0.15, -0.1) is 0 Å². The first-order chi connectivity index (χ1) is 5.63. The molecule has 0 atom stereocenters. The molecule has 1 heteroatoms. The van der Waals surface area contributed by atoms with E-state index < -0.39 is 0 Å². The molecule has 1 saturated heterocycles. The van der Waals surface area contributed by atoms with Crippen LogP contribution < -0.4 is 0 Å². The normalized spacial score (nSPS) is 20.1. The number of nitrogens with zero attached hydrogens (tertiary/aromatic N) is 1. The highest BCUT2D eigenvalue weighted by Gasteiger charge is 2.16. The van der Waals surface area contributed by atoms with Gasteiger partial charge in [-0.1, -0.05) is 13.2 Å². The van der Waals surface area contributed by atoms with E-state index in [0.717, 1.165) is 18.7 Å². The second kappa shape index (κ2) is 3.79. The van der Waals surface area contributed by atoms with E-state index >= 15 is 0 Å².